The first kappa shape index (κ1) is 14.3. The minimum Gasteiger partial charge on any atom is -0.445 e. The summed E-state index contributed by atoms with van der Waals surface area (Å²) in [5.41, 5.74) is 0.944. The number of rotatable bonds is 7. The number of aliphatic hydroxyl groups excluding tert-OH is 1. The van der Waals surface area contributed by atoms with Gasteiger partial charge in [-0.2, -0.15) is 0 Å². The summed E-state index contributed by atoms with van der Waals surface area (Å²) in [6.07, 6.45) is 1.74. The SMILES string of the molecule is C=CCC(O)CCNC(=O)OCc1ccccc1. The molecule has 1 amide bonds. The number of hydrogen-bond acceptors (Lipinski definition) is 3. The van der Waals surface area contributed by atoms with Crippen LogP contribution in [0.3, 0.4) is 0 Å². The number of carbonyl (C=O) groups is 1. The molecule has 0 aliphatic carbocycles. The lowest BCUT2D eigenvalue weighted by Crippen LogP contribution is -2.27. The molecular weight excluding hydrogens is 230 g/mol. The third-order valence-corrected chi connectivity index (χ3v) is 2.40. The first-order chi connectivity index (χ1) is 8.72. The summed E-state index contributed by atoms with van der Waals surface area (Å²) < 4.78 is 5.02. The summed E-state index contributed by atoms with van der Waals surface area (Å²) in [6, 6.07) is 9.47. The Bertz CT molecular complexity index is 365. The normalized spacial score (nSPS) is 11.6. The van der Waals surface area contributed by atoms with E-state index in [1.54, 1.807) is 6.08 Å². The topological polar surface area (TPSA) is 58.6 Å². The molecule has 98 valence electrons. The Morgan fingerprint density at radius 1 is 1.44 bits per heavy atom. The second-order valence-corrected chi connectivity index (χ2v) is 3.96. The molecule has 0 bridgehead atoms. The van der Waals surface area contributed by atoms with Gasteiger partial charge in [0.25, 0.3) is 0 Å². The Hall–Kier alpha value is -1.81. The fourth-order valence-electron chi connectivity index (χ4n) is 1.43. The van der Waals surface area contributed by atoms with E-state index in [1.165, 1.54) is 0 Å². The fraction of sp³-hybridized carbons (Fsp3) is 0.357. The number of nitrogens with one attached hydrogen (secondary N) is 1. The van der Waals surface area contributed by atoms with Gasteiger partial charge in [0.05, 0.1) is 6.10 Å². The van der Waals surface area contributed by atoms with Gasteiger partial charge in [0.2, 0.25) is 0 Å². The smallest absolute Gasteiger partial charge is 0.407 e. The molecule has 1 unspecified atom stereocenters. The van der Waals surface area contributed by atoms with Crippen LogP contribution in [0.25, 0.3) is 0 Å². The van der Waals surface area contributed by atoms with Crippen LogP contribution in [0.5, 0.6) is 0 Å². The first-order valence-electron chi connectivity index (χ1n) is 5.96. The quantitative estimate of drug-likeness (QED) is 0.729. The highest BCUT2D eigenvalue weighted by molar-refractivity contribution is 5.67. The van der Waals surface area contributed by atoms with Crippen LogP contribution in [0.2, 0.25) is 0 Å². The molecule has 0 radical (unpaired) electrons. The van der Waals surface area contributed by atoms with Crippen molar-refractivity contribution in [2.24, 2.45) is 0 Å². The number of alkyl carbamates (subject to hydrolysis) is 1. The largest absolute Gasteiger partial charge is 0.445 e. The van der Waals surface area contributed by atoms with Crippen molar-refractivity contribution in [3.8, 4) is 0 Å². The van der Waals surface area contributed by atoms with Crippen molar-refractivity contribution in [1.29, 1.82) is 0 Å². The lowest BCUT2D eigenvalue weighted by atomic mass is 10.2. The number of ether oxygens (including phenoxy) is 1. The molecule has 2 N–H and O–H groups in total. The van der Waals surface area contributed by atoms with Crippen LogP contribution < -0.4 is 5.32 Å². The Balaban J connectivity index is 2.13. The minimum absolute atomic E-state index is 0.252. The van der Waals surface area contributed by atoms with Gasteiger partial charge in [0.15, 0.2) is 0 Å². The van der Waals surface area contributed by atoms with E-state index in [1.807, 2.05) is 30.3 Å². The fourth-order valence-corrected chi connectivity index (χ4v) is 1.43. The zero-order chi connectivity index (χ0) is 13.2. The summed E-state index contributed by atoms with van der Waals surface area (Å²) in [4.78, 5) is 11.3. The highest BCUT2D eigenvalue weighted by Gasteiger charge is 2.04. The van der Waals surface area contributed by atoms with Crippen molar-refractivity contribution < 1.29 is 14.6 Å². The van der Waals surface area contributed by atoms with Gasteiger partial charge < -0.3 is 15.2 Å². The number of benzene rings is 1. The lowest BCUT2D eigenvalue weighted by molar-refractivity contribution is 0.134. The summed E-state index contributed by atoms with van der Waals surface area (Å²) in [5.74, 6) is 0. The molecule has 4 heteroatoms. The van der Waals surface area contributed by atoms with Crippen molar-refractivity contribution in [1.82, 2.24) is 5.32 Å². The van der Waals surface area contributed by atoms with E-state index in [9.17, 15) is 9.90 Å². The van der Waals surface area contributed by atoms with Crippen LogP contribution in [-0.2, 0) is 11.3 Å². The maximum atomic E-state index is 11.3. The highest BCUT2D eigenvalue weighted by atomic mass is 16.5. The number of carbonyl (C=O) groups excluding carboxylic acids is 1. The minimum atomic E-state index is -0.468. The average Bonchev–Trinajstić information content (AvgIpc) is 2.38. The molecule has 1 aromatic rings. The van der Waals surface area contributed by atoms with Gasteiger partial charge in [-0.1, -0.05) is 36.4 Å². The predicted octanol–water partition coefficient (Wildman–Crippen LogP) is 2.24. The van der Waals surface area contributed by atoms with Crippen molar-refractivity contribution >= 4 is 6.09 Å². The van der Waals surface area contributed by atoms with E-state index in [2.05, 4.69) is 11.9 Å². The van der Waals surface area contributed by atoms with E-state index in [0.29, 0.717) is 19.4 Å². The molecule has 18 heavy (non-hydrogen) atoms. The Kier molecular flexibility index (Phi) is 6.58. The van der Waals surface area contributed by atoms with Gasteiger partial charge in [-0.15, -0.1) is 6.58 Å². The second kappa shape index (κ2) is 8.31. The summed E-state index contributed by atoms with van der Waals surface area (Å²) in [7, 11) is 0. The molecular formula is C14H19NO3. The van der Waals surface area contributed by atoms with Gasteiger partial charge in [-0.05, 0) is 18.4 Å². The van der Waals surface area contributed by atoms with Crippen LogP contribution in [0, 0.1) is 0 Å². The van der Waals surface area contributed by atoms with E-state index < -0.39 is 12.2 Å². The molecule has 0 aromatic heterocycles. The molecule has 0 aliphatic heterocycles. The average molecular weight is 249 g/mol. The van der Waals surface area contributed by atoms with Crippen LogP contribution in [-0.4, -0.2) is 23.8 Å². The number of hydrogen-bond donors (Lipinski definition) is 2. The van der Waals surface area contributed by atoms with E-state index in [4.69, 9.17) is 4.74 Å². The lowest BCUT2D eigenvalue weighted by Gasteiger charge is -2.09. The third-order valence-electron chi connectivity index (χ3n) is 2.40. The monoisotopic (exact) mass is 249 g/mol. The molecule has 1 aromatic carbocycles. The summed E-state index contributed by atoms with van der Waals surface area (Å²) in [6.45, 7) is 4.18. The van der Waals surface area contributed by atoms with Crippen LogP contribution in [0.4, 0.5) is 4.79 Å². The molecule has 0 saturated carbocycles. The van der Waals surface area contributed by atoms with Gasteiger partial charge in [-0.25, -0.2) is 4.79 Å². The first-order valence-corrected chi connectivity index (χ1v) is 5.96. The van der Waals surface area contributed by atoms with Crippen molar-refractivity contribution in [2.45, 2.75) is 25.6 Å². The maximum Gasteiger partial charge on any atom is 0.407 e. The second-order valence-electron chi connectivity index (χ2n) is 3.96. The predicted molar refractivity (Wildman–Crippen MR) is 70.1 cm³/mol. The third kappa shape index (κ3) is 6.06. The Morgan fingerprint density at radius 2 is 2.17 bits per heavy atom. The van der Waals surface area contributed by atoms with E-state index in [0.717, 1.165) is 5.56 Å². The van der Waals surface area contributed by atoms with Gasteiger partial charge in [0, 0.05) is 6.54 Å². The van der Waals surface area contributed by atoms with Crippen molar-refractivity contribution in [3.05, 3.63) is 48.6 Å². The van der Waals surface area contributed by atoms with Gasteiger partial charge in [0.1, 0.15) is 6.61 Å². The number of amides is 1. The van der Waals surface area contributed by atoms with E-state index >= 15 is 0 Å². The molecule has 0 fully saturated rings. The van der Waals surface area contributed by atoms with Crippen molar-refractivity contribution in [3.63, 3.8) is 0 Å². The highest BCUT2D eigenvalue weighted by Crippen LogP contribution is 2.01. The molecule has 0 heterocycles. The molecule has 1 rings (SSSR count). The zero-order valence-corrected chi connectivity index (χ0v) is 10.3. The molecule has 0 saturated heterocycles. The summed E-state index contributed by atoms with van der Waals surface area (Å²) >= 11 is 0. The molecule has 1 atom stereocenters. The molecule has 0 aliphatic rings. The van der Waals surface area contributed by atoms with Crippen LogP contribution in [0.1, 0.15) is 18.4 Å². The van der Waals surface area contributed by atoms with Crippen LogP contribution >= 0.6 is 0 Å². The molecule has 4 nitrogen and oxygen atoms in total. The number of aliphatic hydroxyl groups is 1. The standard InChI is InChI=1S/C14H19NO3/c1-2-6-13(16)9-10-15-14(17)18-11-12-7-4-3-5-8-12/h2-5,7-8,13,16H,1,6,9-11H2,(H,15,17). The van der Waals surface area contributed by atoms with Gasteiger partial charge >= 0.3 is 6.09 Å². The van der Waals surface area contributed by atoms with E-state index in [-0.39, 0.29) is 6.61 Å². The Morgan fingerprint density at radius 3 is 2.83 bits per heavy atom. The zero-order valence-electron chi connectivity index (χ0n) is 10.3. The van der Waals surface area contributed by atoms with Crippen LogP contribution in [0.15, 0.2) is 43.0 Å². The van der Waals surface area contributed by atoms with Gasteiger partial charge in [-0.3, -0.25) is 0 Å². The summed E-state index contributed by atoms with van der Waals surface area (Å²) in [5, 5.41) is 12.0. The van der Waals surface area contributed by atoms with Crippen molar-refractivity contribution in [2.75, 3.05) is 6.54 Å². The molecule has 0 spiro atoms. The Labute approximate surface area is 107 Å². The maximum absolute atomic E-state index is 11.3.